The van der Waals surface area contributed by atoms with Crippen LogP contribution in [0.5, 0.6) is 23.0 Å². The van der Waals surface area contributed by atoms with Gasteiger partial charge in [0.25, 0.3) is 0 Å². The van der Waals surface area contributed by atoms with Crippen LogP contribution >= 0.6 is 7.60 Å². The zero-order valence-corrected chi connectivity index (χ0v) is 19.6. The van der Waals surface area contributed by atoms with Gasteiger partial charge in [-0.15, -0.1) is 0 Å². The summed E-state index contributed by atoms with van der Waals surface area (Å²) in [6, 6.07) is 6.13. The van der Waals surface area contributed by atoms with Gasteiger partial charge in [-0.05, 0) is 55.4 Å². The van der Waals surface area contributed by atoms with Crippen molar-refractivity contribution in [1.82, 2.24) is 0 Å². The summed E-state index contributed by atoms with van der Waals surface area (Å²) in [5.41, 5.74) is -0.977. The molecule has 2 aromatic carbocycles. The molecule has 0 saturated heterocycles. The third-order valence-electron chi connectivity index (χ3n) is 6.35. The Bertz CT molecular complexity index is 1420. The summed E-state index contributed by atoms with van der Waals surface area (Å²) in [5, 5.41) is 30.4. The second kappa shape index (κ2) is 8.71. The van der Waals surface area contributed by atoms with E-state index < -0.39 is 25.1 Å². The van der Waals surface area contributed by atoms with Gasteiger partial charge < -0.3 is 33.5 Å². The van der Waals surface area contributed by atoms with Crippen LogP contribution in [0.15, 0.2) is 39.5 Å². The predicted molar refractivity (Wildman–Crippen MR) is 124 cm³/mol. The van der Waals surface area contributed by atoms with Crippen molar-refractivity contribution in [2.45, 2.75) is 13.3 Å². The van der Waals surface area contributed by atoms with E-state index in [1.165, 1.54) is 24.6 Å². The molecule has 2 saturated carbocycles. The lowest BCUT2D eigenvalue weighted by Crippen LogP contribution is -2.09. The number of fused-ring (bicyclic) bond motifs is 2. The second-order valence-electron chi connectivity index (χ2n) is 8.64. The van der Waals surface area contributed by atoms with Crippen molar-refractivity contribution in [3.8, 4) is 34.3 Å². The van der Waals surface area contributed by atoms with Gasteiger partial charge in [-0.2, -0.15) is 0 Å². The molecule has 2 aliphatic carbocycles. The molecule has 0 bridgehead atoms. The molecular weight excluding hydrogens is 479 g/mol. The van der Waals surface area contributed by atoms with E-state index >= 15 is 0 Å². The first kappa shape index (κ1) is 23.4. The van der Waals surface area contributed by atoms with Crippen molar-refractivity contribution in [3.63, 3.8) is 0 Å². The fourth-order valence-electron chi connectivity index (χ4n) is 4.20. The number of hydrogen-bond donors (Lipinski definition) is 3. The van der Waals surface area contributed by atoms with Gasteiger partial charge in [0.1, 0.15) is 11.3 Å². The van der Waals surface area contributed by atoms with Crippen LogP contribution in [0, 0.1) is 17.8 Å². The summed E-state index contributed by atoms with van der Waals surface area (Å²) in [7, 11) is -3.59. The van der Waals surface area contributed by atoms with Gasteiger partial charge in [0.05, 0.1) is 18.6 Å². The van der Waals surface area contributed by atoms with Crippen molar-refractivity contribution in [2.24, 2.45) is 17.8 Å². The highest BCUT2D eigenvalue weighted by molar-refractivity contribution is 7.53. The minimum atomic E-state index is -3.59. The smallest absolute Gasteiger partial charge is 0.367 e. The SMILES string of the molecule is CCOP(=O)(COc1cc(-c2oc3cc(O)cc(C=O)c3c(=O)c2O)ccc1O)OCC1C2CC12. The van der Waals surface area contributed by atoms with Crippen molar-refractivity contribution in [1.29, 1.82) is 0 Å². The van der Waals surface area contributed by atoms with Crippen LogP contribution in [0.4, 0.5) is 0 Å². The Morgan fingerprint density at radius 3 is 2.57 bits per heavy atom. The third kappa shape index (κ3) is 4.40. The second-order valence-corrected chi connectivity index (χ2v) is 10.6. The van der Waals surface area contributed by atoms with Gasteiger partial charge >= 0.3 is 7.60 Å². The molecule has 10 nitrogen and oxygen atoms in total. The van der Waals surface area contributed by atoms with Gasteiger partial charge in [-0.1, -0.05) is 0 Å². The zero-order chi connectivity index (χ0) is 24.9. The van der Waals surface area contributed by atoms with Gasteiger partial charge in [0.2, 0.25) is 11.2 Å². The number of ether oxygens (including phenoxy) is 1. The van der Waals surface area contributed by atoms with E-state index in [0.29, 0.717) is 30.6 Å². The molecule has 35 heavy (non-hydrogen) atoms. The summed E-state index contributed by atoms with van der Waals surface area (Å²) in [6.07, 6.45) is 1.11. The highest BCUT2D eigenvalue weighted by atomic mass is 31.2. The Hall–Kier alpha value is -3.33. The molecule has 3 N–H and O–H groups in total. The Labute approximate surface area is 199 Å². The molecule has 2 aliphatic rings. The lowest BCUT2D eigenvalue weighted by molar-refractivity contribution is 0.112. The Morgan fingerprint density at radius 1 is 1.14 bits per heavy atom. The lowest BCUT2D eigenvalue weighted by Gasteiger charge is -2.19. The number of carbonyl (C=O) groups excluding carboxylic acids is 1. The number of aromatic hydroxyl groups is 3. The van der Waals surface area contributed by atoms with Crippen molar-refractivity contribution in [3.05, 3.63) is 46.1 Å². The maximum Gasteiger partial charge on any atom is 0.367 e. The monoisotopic (exact) mass is 502 g/mol. The number of phenols is 2. The van der Waals surface area contributed by atoms with Crippen LogP contribution < -0.4 is 10.2 Å². The molecule has 11 heteroatoms. The first-order valence-electron chi connectivity index (χ1n) is 11.1. The number of phenolic OH excluding ortho intramolecular Hbond substituents is 2. The Balaban J connectivity index is 1.43. The van der Waals surface area contributed by atoms with E-state index in [0.717, 1.165) is 12.1 Å². The van der Waals surface area contributed by atoms with Crippen LogP contribution in [0.2, 0.25) is 0 Å². The fraction of sp³-hybridized carbons (Fsp3) is 0.333. The molecule has 0 radical (unpaired) electrons. The standard InChI is InChI=1S/C24H23O10P/c1-2-32-35(30,33-10-17-15-8-16(15)17)11-31-19-6-12(3-4-18(19)27)24-23(29)22(28)21-13(9-25)5-14(26)7-20(21)34-24/h3-7,9,15-17,26-27,29H,2,8,10-11H2,1H3. The molecule has 5 rings (SSSR count). The number of benzene rings is 2. The molecule has 1 aromatic heterocycles. The van der Waals surface area contributed by atoms with Crippen LogP contribution in [-0.2, 0) is 13.6 Å². The molecule has 3 aromatic rings. The van der Waals surface area contributed by atoms with E-state index in [-0.39, 0.29) is 51.7 Å². The lowest BCUT2D eigenvalue weighted by atomic mass is 10.1. The minimum Gasteiger partial charge on any atom is -0.508 e. The van der Waals surface area contributed by atoms with Gasteiger partial charge in [0, 0.05) is 17.2 Å². The fourth-order valence-corrected chi connectivity index (χ4v) is 5.52. The number of rotatable bonds is 10. The quantitative estimate of drug-likeness (QED) is 0.271. The van der Waals surface area contributed by atoms with E-state index in [4.69, 9.17) is 18.2 Å². The van der Waals surface area contributed by atoms with E-state index in [2.05, 4.69) is 0 Å². The summed E-state index contributed by atoms with van der Waals surface area (Å²) >= 11 is 0. The molecular formula is C24H23O10P. The number of aldehydes is 1. The Kier molecular flexibility index (Phi) is 5.83. The van der Waals surface area contributed by atoms with E-state index in [9.17, 15) is 29.5 Å². The first-order chi connectivity index (χ1) is 16.7. The normalized spacial score (nSPS) is 21.8. The summed E-state index contributed by atoms with van der Waals surface area (Å²) in [4.78, 5) is 24.1. The molecule has 3 unspecified atom stereocenters. The molecule has 0 spiro atoms. The predicted octanol–water partition coefficient (Wildman–Crippen LogP) is 4.24. The third-order valence-corrected chi connectivity index (χ3v) is 7.99. The molecule has 2 fully saturated rings. The van der Waals surface area contributed by atoms with Crippen LogP contribution in [0.1, 0.15) is 23.7 Å². The van der Waals surface area contributed by atoms with Crippen molar-refractivity contribution in [2.75, 3.05) is 19.6 Å². The average molecular weight is 502 g/mol. The topological polar surface area (TPSA) is 153 Å². The summed E-state index contributed by atoms with van der Waals surface area (Å²) in [5.74, 6) is 0.0146. The van der Waals surface area contributed by atoms with Crippen molar-refractivity contribution >= 4 is 24.9 Å². The molecule has 0 amide bonds. The molecule has 184 valence electrons. The van der Waals surface area contributed by atoms with Crippen LogP contribution in [0.25, 0.3) is 22.3 Å². The maximum absolute atomic E-state index is 13.0. The van der Waals surface area contributed by atoms with E-state index in [1.807, 2.05) is 0 Å². The summed E-state index contributed by atoms with van der Waals surface area (Å²) in [6.45, 7) is 2.16. The van der Waals surface area contributed by atoms with E-state index in [1.54, 1.807) is 6.92 Å². The molecule has 0 aliphatic heterocycles. The molecule has 3 atom stereocenters. The highest BCUT2D eigenvalue weighted by Crippen LogP contribution is 2.69. The summed E-state index contributed by atoms with van der Waals surface area (Å²) < 4.78 is 35.1. The van der Waals surface area contributed by atoms with Gasteiger partial charge in [0.15, 0.2) is 29.9 Å². The number of hydrogen-bond acceptors (Lipinski definition) is 10. The number of carbonyl (C=O) groups is 1. The Morgan fingerprint density at radius 2 is 1.91 bits per heavy atom. The van der Waals surface area contributed by atoms with Crippen LogP contribution in [-0.4, -0.2) is 41.2 Å². The maximum atomic E-state index is 13.0. The van der Waals surface area contributed by atoms with Crippen molar-refractivity contribution < 1.29 is 42.9 Å². The largest absolute Gasteiger partial charge is 0.508 e. The minimum absolute atomic E-state index is 0.105. The zero-order valence-electron chi connectivity index (χ0n) is 18.7. The molecule has 1 heterocycles. The van der Waals surface area contributed by atoms with Gasteiger partial charge in [-0.25, -0.2) is 0 Å². The van der Waals surface area contributed by atoms with Crippen LogP contribution in [0.3, 0.4) is 0 Å². The average Bonchev–Trinajstić information content (AvgIpc) is 3.73. The van der Waals surface area contributed by atoms with Gasteiger partial charge in [-0.3, -0.25) is 14.2 Å². The highest BCUT2D eigenvalue weighted by Gasteiger charge is 2.64. The first-order valence-corrected chi connectivity index (χ1v) is 12.8.